The van der Waals surface area contributed by atoms with Crippen LogP contribution in [-0.2, 0) is 9.53 Å². The molecule has 0 heterocycles. The monoisotopic (exact) mass is 320 g/mol. The number of benzene rings is 1. The summed E-state index contributed by atoms with van der Waals surface area (Å²) in [5.74, 6) is -0.215. The van der Waals surface area contributed by atoms with Crippen LogP contribution in [0.5, 0.6) is 0 Å². The number of halogens is 1. The SMILES string of the molecule is COC(=O)CCNc1ccc(N)cc1I. The standard InChI is InChI=1S/C10H13IN2O2/c1-15-10(14)4-5-13-9-3-2-7(12)6-8(9)11/h2-3,6,13H,4-5,12H2,1H3. The number of nitrogen functional groups attached to an aromatic ring is 1. The number of nitrogens with two attached hydrogens (primary N) is 1. The lowest BCUT2D eigenvalue weighted by Crippen LogP contribution is -2.10. The molecule has 0 atom stereocenters. The van der Waals surface area contributed by atoms with E-state index in [0.29, 0.717) is 13.0 Å². The molecule has 1 aromatic carbocycles. The van der Waals surface area contributed by atoms with E-state index in [1.165, 1.54) is 7.11 Å². The van der Waals surface area contributed by atoms with Crippen molar-refractivity contribution in [1.82, 2.24) is 0 Å². The van der Waals surface area contributed by atoms with Crippen LogP contribution in [0, 0.1) is 3.57 Å². The number of methoxy groups -OCH3 is 1. The number of nitrogens with one attached hydrogen (secondary N) is 1. The van der Waals surface area contributed by atoms with Gasteiger partial charge in [0.2, 0.25) is 0 Å². The van der Waals surface area contributed by atoms with E-state index in [1.54, 1.807) is 0 Å². The zero-order valence-corrected chi connectivity index (χ0v) is 10.6. The summed E-state index contributed by atoms with van der Waals surface area (Å²) in [6.07, 6.45) is 0.358. The van der Waals surface area contributed by atoms with Crippen molar-refractivity contribution in [2.45, 2.75) is 6.42 Å². The van der Waals surface area contributed by atoms with Gasteiger partial charge in [0.05, 0.1) is 13.5 Å². The fourth-order valence-electron chi connectivity index (χ4n) is 1.08. The molecule has 0 aliphatic rings. The lowest BCUT2D eigenvalue weighted by Gasteiger charge is -2.08. The number of hydrogen-bond acceptors (Lipinski definition) is 4. The Morgan fingerprint density at radius 1 is 1.60 bits per heavy atom. The van der Waals surface area contributed by atoms with E-state index < -0.39 is 0 Å². The molecule has 82 valence electrons. The van der Waals surface area contributed by atoms with Crippen molar-refractivity contribution in [2.75, 3.05) is 24.7 Å². The summed E-state index contributed by atoms with van der Waals surface area (Å²) in [5, 5.41) is 3.14. The summed E-state index contributed by atoms with van der Waals surface area (Å²) in [7, 11) is 1.38. The molecule has 15 heavy (non-hydrogen) atoms. The molecule has 5 heteroatoms. The lowest BCUT2D eigenvalue weighted by atomic mass is 10.3. The zero-order chi connectivity index (χ0) is 11.3. The zero-order valence-electron chi connectivity index (χ0n) is 8.42. The summed E-state index contributed by atoms with van der Waals surface area (Å²) < 4.78 is 5.58. The Hall–Kier alpha value is -0.980. The normalized spacial score (nSPS) is 9.73. The minimum atomic E-state index is -0.215. The highest BCUT2D eigenvalue weighted by Crippen LogP contribution is 2.20. The van der Waals surface area contributed by atoms with Gasteiger partial charge >= 0.3 is 5.97 Å². The second-order valence-electron chi connectivity index (χ2n) is 2.99. The summed E-state index contributed by atoms with van der Waals surface area (Å²) >= 11 is 2.19. The highest BCUT2D eigenvalue weighted by atomic mass is 127. The first kappa shape index (κ1) is 12.1. The summed E-state index contributed by atoms with van der Waals surface area (Å²) in [5.41, 5.74) is 7.33. The number of rotatable bonds is 4. The molecule has 4 nitrogen and oxygen atoms in total. The highest BCUT2D eigenvalue weighted by molar-refractivity contribution is 14.1. The molecule has 0 saturated carbocycles. The lowest BCUT2D eigenvalue weighted by molar-refractivity contribution is -0.140. The predicted molar refractivity (Wildman–Crippen MR) is 68.7 cm³/mol. The van der Waals surface area contributed by atoms with Gasteiger partial charge in [-0.05, 0) is 40.8 Å². The van der Waals surface area contributed by atoms with Crippen LogP contribution < -0.4 is 11.1 Å². The average molecular weight is 320 g/mol. The van der Waals surface area contributed by atoms with Crippen molar-refractivity contribution in [3.63, 3.8) is 0 Å². The topological polar surface area (TPSA) is 64.3 Å². The van der Waals surface area contributed by atoms with Crippen LogP contribution in [0.3, 0.4) is 0 Å². The van der Waals surface area contributed by atoms with Gasteiger partial charge in [-0.25, -0.2) is 0 Å². The van der Waals surface area contributed by atoms with Crippen LogP contribution >= 0.6 is 22.6 Å². The van der Waals surface area contributed by atoms with E-state index >= 15 is 0 Å². The van der Waals surface area contributed by atoms with Gasteiger partial charge in [-0.3, -0.25) is 4.79 Å². The first-order valence-electron chi connectivity index (χ1n) is 4.49. The molecule has 0 spiro atoms. The molecule has 0 radical (unpaired) electrons. The predicted octanol–water partition coefficient (Wildman–Crippen LogP) is 1.85. The van der Waals surface area contributed by atoms with Crippen molar-refractivity contribution in [1.29, 1.82) is 0 Å². The van der Waals surface area contributed by atoms with E-state index in [0.717, 1.165) is 14.9 Å². The molecule has 0 aliphatic heterocycles. The Morgan fingerprint density at radius 3 is 2.93 bits per heavy atom. The molecule has 1 aromatic rings. The Labute approximate surface area is 102 Å². The fourth-order valence-corrected chi connectivity index (χ4v) is 1.81. The summed E-state index contributed by atoms with van der Waals surface area (Å²) in [4.78, 5) is 10.9. The molecule has 1 rings (SSSR count). The van der Waals surface area contributed by atoms with E-state index in [4.69, 9.17) is 5.73 Å². The molecule has 0 fully saturated rings. The van der Waals surface area contributed by atoms with E-state index in [2.05, 4.69) is 32.6 Å². The molecule has 0 saturated heterocycles. The minimum absolute atomic E-state index is 0.215. The fraction of sp³-hybridized carbons (Fsp3) is 0.300. The van der Waals surface area contributed by atoms with Crippen LogP contribution in [0.1, 0.15) is 6.42 Å². The molecular weight excluding hydrogens is 307 g/mol. The maximum atomic E-state index is 10.9. The largest absolute Gasteiger partial charge is 0.469 e. The maximum Gasteiger partial charge on any atom is 0.307 e. The average Bonchev–Trinajstić information content (AvgIpc) is 2.21. The van der Waals surface area contributed by atoms with Gasteiger partial charge in [-0.15, -0.1) is 0 Å². The van der Waals surface area contributed by atoms with Gasteiger partial charge in [-0.2, -0.15) is 0 Å². The smallest absolute Gasteiger partial charge is 0.307 e. The molecule has 0 aromatic heterocycles. The quantitative estimate of drug-likeness (QED) is 0.505. The molecule has 0 unspecified atom stereocenters. The van der Waals surface area contributed by atoms with Crippen molar-refractivity contribution in [2.24, 2.45) is 0 Å². The molecule has 3 N–H and O–H groups in total. The third-order valence-electron chi connectivity index (χ3n) is 1.87. The van der Waals surface area contributed by atoms with E-state index in [-0.39, 0.29) is 5.97 Å². The summed E-state index contributed by atoms with van der Waals surface area (Å²) in [6, 6.07) is 5.60. The second kappa shape index (κ2) is 5.79. The van der Waals surface area contributed by atoms with E-state index in [9.17, 15) is 4.79 Å². The number of ether oxygens (including phenoxy) is 1. The van der Waals surface area contributed by atoms with Gasteiger partial charge < -0.3 is 15.8 Å². The number of carbonyl (C=O) groups excluding carboxylic acids is 1. The number of anilines is 2. The number of hydrogen-bond donors (Lipinski definition) is 2. The van der Waals surface area contributed by atoms with Crippen molar-refractivity contribution in [3.8, 4) is 0 Å². The van der Waals surface area contributed by atoms with Crippen LogP contribution in [0.15, 0.2) is 18.2 Å². The van der Waals surface area contributed by atoms with E-state index in [1.807, 2.05) is 18.2 Å². The van der Waals surface area contributed by atoms with Gasteiger partial charge in [0.25, 0.3) is 0 Å². The Kier molecular flexibility index (Phi) is 4.67. The first-order chi connectivity index (χ1) is 7.13. The maximum absolute atomic E-state index is 10.9. The van der Waals surface area contributed by atoms with Crippen LogP contribution in [0.2, 0.25) is 0 Å². The molecule has 0 amide bonds. The molecule has 0 aliphatic carbocycles. The van der Waals surface area contributed by atoms with Gasteiger partial charge in [0.1, 0.15) is 0 Å². The van der Waals surface area contributed by atoms with Crippen LogP contribution in [-0.4, -0.2) is 19.6 Å². The summed E-state index contributed by atoms with van der Waals surface area (Å²) in [6.45, 7) is 0.562. The van der Waals surface area contributed by atoms with Crippen molar-refractivity contribution < 1.29 is 9.53 Å². The van der Waals surface area contributed by atoms with Gasteiger partial charge in [0, 0.05) is 21.5 Å². The highest BCUT2D eigenvalue weighted by Gasteiger charge is 2.02. The third kappa shape index (κ3) is 3.94. The second-order valence-corrected chi connectivity index (χ2v) is 4.15. The third-order valence-corrected chi connectivity index (χ3v) is 2.76. The Morgan fingerprint density at radius 2 is 2.33 bits per heavy atom. The van der Waals surface area contributed by atoms with Gasteiger partial charge in [0.15, 0.2) is 0 Å². The van der Waals surface area contributed by atoms with Crippen molar-refractivity contribution >= 4 is 39.9 Å². The minimum Gasteiger partial charge on any atom is -0.469 e. The Bertz CT molecular complexity index is 355. The first-order valence-corrected chi connectivity index (χ1v) is 5.57. The Balaban J connectivity index is 2.47. The number of esters is 1. The van der Waals surface area contributed by atoms with Crippen LogP contribution in [0.25, 0.3) is 0 Å². The molecule has 0 bridgehead atoms. The van der Waals surface area contributed by atoms with Crippen molar-refractivity contribution in [3.05, 3.63) is 21.8 Å². The molecular formula is C10H13IN2O2. The van der Waals surface area contributed by atoms with Gasteiger partial charge in [-0.1, -0.05) is 0 Å². The number of carbonyl (C=O) groups is 1. The van der Waals surface area contributed by atoms with Crippen LogP contribution in [0.4, 0.5) is 11.4 Å².